The second kappa shape index (κ2) is 8.17. The van der Waals surface area contributed by atoms with E-state index in [-0.39, 0.29) is 5.41 Å². The number of hydrogen-bond donors (Lipinski definition) is 0. The largest absolute Gasteiger partial charge is 0.457 e. The van der Waals surface area contributed by atoms with Gasteiger partial charge in [0.1, 0.15) is 22.9 Å². The van der Waals surface area contributed by atoms with Gasteiger partial charge in [0.15, 0.2) is 18.0 Å². The number of ether oxygens (including phenoxy) is 2. The van der Waals surface area contributed by atoms with Crippen molar-refractivity contribution < 1.29 is 9.47 Å². The van der Waals surface area contributed by atoms with Crippen molar-refractivity contribution in [2.24, 2.45) is 0 Å². The molecule has 4 heterocycles. The predicted molar refractivity (Wildman–Crippen MR) is 150 cm³/mol. The molecule has 3 aliphatic rings. The Labute approximate surface area is 219 Å². The summed E-state index contributed by atoms with van der Waals surface area (Å²) in [4.78, 5) is 4.40. The maximum absolute atomic E-state index is 6.32. The van der Waals surface area contributed by atoms with E-state index in [4.69, 9.17) is 9.47 Å². The zero-order valence-corrected chi connectivity index (χ0v) is 22.4. The third-order valence-electron chi connectivity index (χ3n) is 7.68. The molecule has 4 aromatic rings. The molecule has 5 heteroatoms. The fourth-order valence-corrected chi connectivity index (χ4v) is 5.54. The Bertz CT molecular complexity index is 1510. The molecule has 1 saturated heterocycles. The summed E-state index contributed by atoms with van der Waals surface area (Å²) < 4.78 is 14.0. The van der Waals surface area contributed by atoms with Crippen LogP contribution in [0.15, 0.2) is 79.0 Å². The molecule has 1 fully saturated rings. The number of aromatic nitrogens is 1. The Hall–Kier alpha value is -3.67. The van der Waals surface area contributed by atoms with Crippen molar-refractivity contribution in [3.05, 3.63) is 102 Å². The molecule has 37 heavy (non-hydrogen) atoms. The first-order chi connectivity index (χ1) is 17.6. The minimum absolute atomic E-state index is 0.0284. The molecule has 3 aromatic carbocycles. The first-order valence-corrected chi connectivity index (χ1v) is 12.8. The smallest absolute Gasteiger partial charge is 0.219 e. The van der Waals surface area contributed by atoms with Crippen LogP contribution in [0.1, 0.15) is 37.5 Å². The molecule has 2 bridgehead atoms. The van der Waals surface area contributed by atoms with E-state index >= 15 is 0 Å². The van der Waals surface area contributed by atoms with E-state index in [1.54, 1.807) is 6.20 Å². The average molecular weight is 493 g/mol. The zero-order valence-electron chi connectivity index (χ0n) is 22.4. The number of nitrogens with zero attached hydrogens (tertiary/aromatic N) is 3. The van der Waals surface area contributed by atoms with Crippen molar-refractivity contribution in [1.82, 2.24) is 14.0 Å². The molecule has 0 spiro atoms. The molecule has 2 atom stereocenters. The van der Waals surface area contributed by atoms with Crippen molar-refractivity contribution in [2.75, 3.05) is 13.7 Å². The highest BCUT2D eigenvalue weighted by Gasteiger charge is 2.59. The lowest BCUT2D eigenvalue weighted by atomic mass is 9.88. The van der Waals surface area contributed by atoms with Gasteiger partial charge in [0.2, 0.25) is 5.88 Å². The van der Waals surface area contributed by atoms with Crippen molar-refractivity contribution in [3.8, 4) is 23.1 Å². The molecule has 0 unspecified atom stereocenters. The Morgan fingerprint density at radius 3 is 2.11 bits per heavy atom. The molecule has 3 aliphatic heterocycles. The summed E-state index contributed by atoms with van der Waals surface area (Å²) in [6.45, 7) is 14.3. The zero-order chi connectivity index (χ0) is 26.0. The second-order valence-electron chi connectivity index (χ2n) is 11.6. The van der Waals surface area contributed by atoms with Gasteiger partial charge in [-0.05, 0) is 66.3 Å². The van der Waals surface area contributed by atoms with E-state index in [0.717, 1.165) is 27.1 Å². The SMILES string of the molecule is Cc1cc2c(cc1C)[N@@+]1(C)[CH-][N@+]2(c2cccc(Oc3cccc(Oc4cc(C(C)(C)C)ccn4)c3)c2)C1. The van der Waals surface area contributed by atoms with Crippen LogP contribution in [-0.2, 0) is 5.41 Å². The molecule has 0 N–H and O–H groups in total. The number of rotatable bonds is 5. The summed E-state index contributed by atoms with van der Waals surface area (Å²) in [5.74, 6) is 2.80. The van der Waals surface area contributed by atoms with E-state index in [0.29, 0.717) is 11.6 Å². The highest BCUT2D eigenvalue weighted by molar-refractivity contribution is 5.85. The van der Waals surface area contributed by atoms with Gasteiger partial charge in [0, 0.05) is 36.5 Å². The van der Waals surface area contributed by atoms with Crippen LogP contribution >= 0.6 is 0 Å². The first kappa shape index (κ1) is 23.7. The summed E-state index contributed by atoms with van der Waals surface area (Å²) in [5.41, 5.74) is 7.85. The monoisotopic (exact) mass is 492 g/mol. The van der Waals surface area contributed by atoms with Crippen molar-refractivity contribution in [3.63, 3.8) is 0 Å². The van der Waals surface area contributed by atoms with Gasteiger partial charge in [-0.3, -0.25) is 4.48 Å². The molecule has 0 radical (unpaired) electrons. The van der Waals surface area contributed by atoms with Crippen LogP contribution in [0.5, 0.6) is 23.1 Å². The first-order valence-electron chi connectivity index (χ1n) is 12.8. The second-order valence-corrected chi connectivity index (χ2v) is 11.6. The van der Waals surface area contributed by atoms with Crippen LogP contribution in [-0.4, -0.2) is 18.7 Å². The van der Waals surface area contributed by atoms with Gasteiger partial charge < -0.3 is 14.0 Å². The van der Waals surface area contributed by atoms with Gasteiger partial charge in [-0.1, -0.05) is 32.9 Å². The highest BCUT2D eigenvalue weighted by atomic mass is 16.5. The summed E-state index contributed by atoms with van der Waals surface area (Å²) in [5, 5.41) is 0. The van der Waals surface area contributed by atoms with Gasteiger partial charge in [-0.15, -0.1) is 0 Å². The predicted octanol–water partition coefficient (Wildman–Crippen LogP) is 8.26. The van der Waals surface area contributed by atoms with Crippen LogP contribution in [0, 0.1) is 20.5 Å². The van der Waals surface area contributed by atoms with Crippen LogP contribution in [0.3, 0.4) is 0 Å². The van der Waals surface area contributed by atoms with Crippen molar-refractivity contribution in [2.45, 2.75) is 40.0 Å². The third kappa shape index (κ3) is 3.99. The molecule has 188 valence electrons. The molecule has 0 amide bonds. The maximum atomic E-state index is 6.32. The molecule has 1 aromatic heterocycles. The van der Waals surface area contributed by atoms with Gasteiger partial charge in [0.25, 0.3) is 0 Å². The van der Waals surface area contributed by atoms with E-state index in [1.807, 2.05) is 42.5 Å². The fraction of sp³-hybridized carbons (Fsp3) is 0.250. The van der Waals surface area contributed by atoms with Gasteiger partial charge in [-0.25, -0.2) is 4.98 Å². The standard InChI is InChI=1S/C32H34N3O2/c1-22-15-29-30(16-23(22)2)35(20-34(29,6)21-35)25-9-7-10-26(18-25)36-27-11-8-12-28(19-27)37-31-17-24(13-14-33-31)32(3,4)5/h7-20H,21H2,1-6H3/q+1/t34-,35+/m0/s1. The summed E-state index contributed by atoms with van der Waals surface area (Å²) in [6, 6.07) is 24.9. The van der Waals surface area contributed by atoms with E-state index in [2.05, 4.69) is 83.7 Å². The third-order valence-corrected chi connectivity index (χ3v) is 7.68. The number of quaternary nitrogens is 2. The molecular formula is C32H34N3O2+. The molecule has 0 saturated carbocycles. The van der Waals surface area contributed by atoms with E-state index < -0.39 is 0 Å². The van der Waals surface area contributed by atoms with E-state index in [9.17, 15) is 0 Å². The lowest BCUT2D eigenvalue weighted by Gasteiger charge is -2.54. The summed E-state index contributed by atoms with van der Waals surface area (Å²) in [6.07, 6.45) is 1.80. The van der Waals surface area contributed by atoms with Crippen LogP contribution in [0.2, 0.25) is 0 Å². The van der Waals surface area contributed by atoms with Crippen molar-refractivity contribution >= 4 is 17.1 Å². The Morgan fingerprint density at radius 2 is 1.41 bits per heavy atom. The van der Waals surface area contributed by atoms with Crippen molar-refractivity contribution in [1.29, 1.82) is 0 Å². The van der Waals surface area contributed by atoms with Gasteiger partial charge in [0.05, 0.1) is 13.7 Å². The normalized spacial score (nSPS) is 21.8. The topological polar surface area (TPSA) is 31.4 Å². The number of hydrogen-bond acceptors (Lipinski definition) is 3. The number of benzene rings is 3. The van der Waals surface area contributed by atoms with Gasteiger partial charge in [-0.2, -0.15) is 0 Å². The average Bonchev–Trinajstić information content (AvgIpc) is 3.21. The van der Waals surface area contributed by atoms with Crippen LogP contribution in [0.25, 0.3) is 0 Å². The number of pyridine rings is 1. The lowest BCUT2D eigenvalue weighted by molar-refractivity contribution is 0.157. The van der Waals surface area contributed by atoms with Gasteiger partial charge >= 0.3 is 0 Å². The summed E-state index contributed by atoms with van der Waals surface area (Å²) >= 11 is 0. The highest BCUT2D eigenvalue weighted by Crippen LogP contribution is 2.61. The molecular weight excluding hydrogens is 458 g/mol. The summed E-state index contributed by atoms with van der Waals surface area (Å²) in [7, 11) is 2.29. The Balaban J connectivity index is 1.25. The minimum atomic E-state index is 0.0284. The lowest BCUT2D eigenvalue weighted by Crippen LogP contribution is -2.68. The molecule has 5 nitrogen and oxygen atoms in total. The molecule has 0 aliphatic carbocycles. The van der Waals surface area contributed by atoms with Crippen LogP contribution in [0.4, 0.5) is 17.1 Å². The quantitative estimate of drug-likeness (QED) is 0.208. The minimum Gasteiger partial charge on any atom is -0.457 e. The van der Waals surface area contributed by atoms with Crippen LogP contribution < -0.4 is 18.4 Å². The fourth-order valence-electron chi connectivity index (χ4n) is 5.54. The Kier molecular flexibility index (Phi) is 5.23. The van der Waals surface area contributed by atoms with E-state index in [1.165, 1.54) is 33.8 Å². The number of aryl methyl sites for hydroxylation is 2. The maximum Gasteiger partial charge on any atom is 0.219 e. The Morgan fingerprint density at radius 1 is 0.784 bits per heavy atom. The molecule has 7 rings (SSSR count).